The van der Waals surface area contributed by atoms with E-state index in [-0.39, 0.29) is 11.5 Å². The predicted octanol–water partition coefficient (Wildman–Crippen LogP) is 3.37. The zero-order chi connectivity index (χ0) is 18.8. The molecule has 6 nitrogen and oxygen atoms in total. The number of hydrogen-bond donors (Lipinski definition) is 0. The van der Waals surface area contributed by atoms with Gasteiger partial charge in [-0.15, -0.1) is 15.0 Å². The number of para-hydroxylation sites is 1. The zero-order valence-electron chi connectivity index (χ0n) is 14.4. The molecular formula is C19H16BrFN6. The Morgan fingerprint density at radius 1 is 0.926 bits per heavy atom. The summed E-state index contributed by atoms with van der Waals surface area (Å²) in [4.78, 5) is 5.51. The van der Waals surface area contributed by atoms with E-state index in [0.29, 0.717) is 37.7 Å². The summed E-state index contributed by atoms with van der Waals surface area (Å²) in [6, 6.07) is 16.5. The number of anilines is 2. The minimum atomic E-state index is -0.218. The average Bonchev–Trinajstić information content (AvgIpc) is 3.13. The SMILES string of the molecule is N#Cc1nn(-c2ccc(Br)cc2)nc1N1CCN(c2ccccc2F)CC1. The normalized spacial score (nSPS) is 14.3. The van der Waals surface area contributed by atoms with E-state index in [1.54, 1.807) is 12.1 Å². The maximum absolute atomic E-state index is 14.0. The van der Waals surface area contributed by atoms with Crippen LogP contribution in [0.4, 0.5) is 15.9 Å². The van der Waals surface area contributed by atoms with Crippen molar-refractivity contribution in [2.24, 2.45) is 0 Å². The fraction of sp³-hybridized carbons (Fsp3) is 0.211. The first-order valence-electron chi connectivity index (χ1n) is 8.53. The van der Waals surface area contributed by atoms with Crippen LogP contribution >= 0.6 is 15.9 Å². The van der Waals surface area contributed by atoms with Crippen molar-refractivity contribution in [3.05, 3.63) is 64.5 Å². The van der Waals surface area contributed by atoms with E-state index in [2.05, 4.69) is 32.2 Å². The molecule has 1 aromatic heterocycles. The lowest BCUT2D eigenvalue weighted by Crippen LogP contribution is -2.47. The lowest BCUT2D eigenvalue weighted by atomic mass is 10.2. The molecule has 0 atom stereocenters. The van der Waals surface area contributed by atoms with Crippen LogP contribution in [-0.4, -0.2) is 41.2 Å². The summed E-state index contributed by atoms with van der Waals surface area (Å²) in [6.07, 6.45) is 0. The molecule has 0 unspecified atom stereocenters. The van der Waals surface area contributed by atoms with Crippen LogP contribution in [-0.2, 0) is 0 Å². The Morgan fingerprint density at radius 3 is 2.26 bits per heavy atom. The van der Waals surface area contributed by atoms with Crippen molar-refractivity contribution in [1.82, 2.24) is 15.0 Å². The number of nitrogens with zero attached hydrogens (tertiary/aromatic N) is 6. The van der Waals surface area contributed by atoms with Crippen LogP contribution in [0, 0.1) is 17.1 Å². The average molecular weight is 427 g/mol. The second-order valence-electron chi connectivity index (χ2n) is 6.18. The van der Waals surface area contributed by atoms with Gasteiger partial charge in [-0.25, -0.2) is 4.39 Å². The molecule has 4 rings (SSSR count). The van der Waals surface area contributed by atoms with Crippen LogP contribution in [0.25, 0.3) is 5.69 Å². The third-order valence-corrected chi connectivity index (χ3v) is 5.06. The van der Waals surface area contributed by atoms with Crippen LogP contribution in [0.5, 0.6) is 0 Å². The van der Waals surface area contributed by atoms with E-state index in [1.807, 2.05) is 40.1 Å². The third kappa shape index (κ3) is 3.51. The maximum atomic E-state index is 14.0. The van der Waals surface area contributed by atoms with Gasteiger partial charge in [-0.1, -0.05) is 28.1 Å². The number of hydrogen-bond acceptors (Lipinski definition) is 5. The Labute approximate surface area is 164 Å². The van der Waals surface area contributed by atoms with Crippen LogP contribution in [0.2, 0.25) is 0 Å². The van der Waals surface area contributed by atoms with Crippen molar-refractivity contribution < 1.29 is 4.39 Å². The highest BCUT2D eigenvalue weighted by Gasteiger charge is 2.24. The maximum Gasteiger partial charge on any atom is 0.207 e. The summed E-state index contributed by atoms with van der Waals surface area (Å²) in [5.41, 5.74) is 1.68. The van der Waals surface area contributed by atoms with Gasteiger partial charge in [-0.05, 0) is 36.4 Å². The van der Waals surface area contributed by atoms with Gasteiger partial charge in [0, 0.05) is 30.7 Å². The molecule has 1 saturated heterocycles. The third-order valence-electron chi connectivity index (χ3n) is 4.53. The lowest BCUT2D eigenvalue weighted by molar-refractivity contribution is 0.595. The molecule has 3 aromatic rings. The first-order valence-corrected chi connectivity index (χ1v) is 9.33. The van der Waals surface area contributed by atoms with Gasteiger partial charge in [0.2, 0.25) is 5.69 Å². The highest BCUT2D eigenvalue weighted by Crippen LogP contribution is 2.24. The quantitative estimate of drug-likeness (QED) is 0.642. The minimum absolute atomic E-state index is 0.218. The molecule has 2 aromatic carbocycles. The Balaban J connectivity index is 1.54. The van der Waals surface area contributed by atoms with Crippen LogP contribution < -0.4 is 9.80 Å². The summed E-state index contributed by atoms with van der Waals surface area (Å²) >= 11 is 3.40. The van der Waals surface area contributed by atoms with Crippen LogP contribution in [0.1, 0.15) is 5.69 Å². The number of piperazine rings is 1. The standard InChI is InChI=1S/C19H16BrFN6/c20-14-5-7-15(8-6-14)27-23-17(13-22)19(24-27)26-11-9-25(10-12-26)18-4-2-1-3-16(18)21/h1-8H,9-12H2. The number of aromatic nitrogens is 3. The van der Waals surface area contributed by atoms with E-state index < -0.39 is 0 Å². The van der Waals surface area contributed by atoms with Crippen molar-refractivity contribution in [2.45, 2.75) is 0 Å². The highest BCUT2D eigenvalue weighted by molar-refractivity contribution is 9.10. The topological polar surface area (TPSA) is 61.0 Å². The molecule has 0 amide bonds. The van der Waals surface area contributed by atoms with Gasteiger partial charge in [0.25, 0.3) is 0 Å². The summed E-state index contributed by atoms with van der Waals surface area (Å²) in [6.45, 7) is 2.58. The van der Waals surface area contributed by atoms with Crippen molar-refractivity contribution >= 4 is 27.4 Å². The van der Waals surface area contributed by atoms with Gasteiger partial charge >= 0.3 is 0 Å². The Hall–Kier alpha value is -2.92. The Kier molecular flexibility index (Phi) is 4.77. The molecule has 0 N–H and O–H groups in total. The fourth-order valence-corrected chi connectivity index (χ4v) is 3.41. The summed E-state index contributed by atoms with van der Waals surface area (Å²) < 4.78 is 15.0. The van der Waals surface area contributed by atoms with Gasteiger partial charge in [-0.3, -0.25) is 0 Å². The van der Waals surface area contributed by atoms with Crippen LogP contribution in [0.3, 0.4) is 0 Å². The molecule has 0 radical (unpaired) electrons. The van der Waals surface area contributed by atoms with E-state index >= 15 is 0 Å². The molecule has 0 bridgehead atoms. The minimum Gasteiger partial charge on any atom is -0.366 e. The molecule has 0 saturated carbocycles. The molecule has 0 aliphatic carbocycles. The van der Waals surface area contributed by atoms with E-state index in [9.17, 15) is 9.65 Å². The van der Waals surface area contributed by atoms with Gasteiger partial charge in [0.1, 0.15) is 11.9 Å². The monoisotopic (exact) mass is 426 g/mol. The molecule has 1 fully saturated rings. The van der Waals surface area contributed by atoms with Crippen molar-refractivity contribution in [3.8, 4) is 11.8 Å². The molecule has 0 spiro atoms. The first kappa shape index (κ1) is 17.5. The van der Waals surface area contributed by atoms with Gasteiger partial charge in [0.15, 0.2) is 5.82 Å². The molecule has 136 valence electrons. The van der Waals surface area contributed by atoms with E-state index in [0.717, 1.165) is 10.2 Å². The molecular weight excluding hydrogens is 411 g/mol. The van der Waals surface area contributed by atoms with Gasteiger partial charge in [-0.2, -0.15) is 5.26 Å². The zero-order valence-corrected chi connectivity index (χ0v) is 16.0. The first-order chi connectivity index (χ1) is 13.2. The van der Waals surface area contributed by atoms with Gasteiger partial charge < -0.3 is 9.80 Å². The van der Waals surface area contributed by atoms with E-state index in [4.69, 9.17) is 0 Å². The Bertz CT molecular complexity index is 986. The number of halogens is 2. The molecule has 2 heterocycles. The second kappa shape index (κ2) is 7.37. The van der Waals surface area contributed by atoms with Crippen molar-refractivity contribution in [1.29, 1.82) is 5.26 Å². The summed E-state index contributed by atoms with van der Waals surface area (Å²) in [5, 5.41) is 18.3. The van der Waals surface area contributed by atoms with Crippen LogP contribution in [0.15, 0.2) is 53.0 Å². The smallest absolute Gasteiger partial charge is 0.207 e. The lowest BCUT2D eigenvalue weighted by Gasteiger charge is -2.36. The molecule has 27 heavy (non-hydrogen) atoms. The molecule has 1 aliphatic rings. The van der Waals surface area contributed by atoms with Crippen molar-refractivity contribution in [2.75, 3.05) is 36.0 Å². The van der Waals surface area contributed by atoms with Gasteiger partial charge in [0.05, 0.1) is 11.4 Å². The number of benzene rings is 2. The number of nitriles is 1. The van der Waals surface area contributed by atoms with E-state index in [1.165, 1.54) is 10.9 Å². The predicted molar refractivity (Wildman–Crippen MR) is 105 cm³/mol. The summed E-state index contributed by atoms with van der Waals surface area (Å²) in [7, 11) is 0. The second-order valence-corrected chi connectivity index (χ2v) is 7.09. The summed E-state index contributed by atoms with van der Waals surface area (Å²) in [5.74, 6) is 0.346. The fourth-order valence-electron chi connectivity index (χ4n) is 3.14. The highest BCUT2D eigenvalue weighted by atomic mass is 79.9. The number of rotatable bonds is 3. The molecule has 1 aliphatic heterocycles. The molecule has 8 heteroatoms. The van der Waals surface area contributed by atoms with Crippen molar-refractivity contribution in [3.63, 3.8) is 0 Å². The largest absolute Gasteiger partial charge is 0.366 e. The Morgan fingerprint density at radius 2 is 1.59 bits per heavy atom.